The summed E-state index contributed by atoms with van der Waals surface area (Å²) in [5.74, 6) is 1.57. The fourth-order valence-corrected chi connectivity index (χ4v) is 2.32. The van der Waals surface area contributed by atoms with Crippen molar-refractivity contribution in [1.82, 2.24) is 15.0 Å². The summed E-state index contributed by atoms with van der Waals surface area (Å²) in [4.78, 5) is 13.3. The number of aryl methyl sites for hydroxylation is 1. The Bertz CT molecular complexity index is 515. The zero-order valence-corrected chi connectivity index (χ0v) is 12.7. The first kappa shape index (κ1) is 13.9. The summed E-state index contributed by atoms with van der Waals surface area (Å²) in [5.41, 5.74) is 1.97. The van der Waals surface area contributed by atoms with E-state index in [0.717, 1.165) is 46.8 Å². The van der Waals surface area contributed by atoms with Gasteiger partial charge in [-0.05, 0) is 41.4 Å². The zero-order valence-electron chi connectivity index (χ0n) is 11.2. The van der Waals surface area contributed by atoms with Crippen molar-refractivity contribution in [3.63, 3.8) is 0 Å². The molecule has 0 saturated carbocycles. The standard InChI is InChI=1S/C14H17BrN4/c1-3-6-11-12(15)14(17-4-2)19-13(18-11)10-7-5-8-16-9-10/h5,7-9H,3-4,6H2,1-2H3,(H,17,18,19). The van der Waals surface area contributed by atoms with Crippen LogP contribution in [0.2, 0.25) is 0 Å². The molecule has 0 amide bonds. The minimum absolute atomic E-state index is 0.718. The SMILES string of the molecule is CCCc1nc(-c2cccnc2)nc(NCC)c1Br. The number of nitrogens with zero attached hydrogens (tertiary/aromatic N) is 3. The molecule has 2 rings (SSSR count). The van der Waals surface area contributed by atoms with Crippen molar-refractivity contribution >= 4 is 21.7 Å². The van der Waals surface area contributed by atoms with Crippen molar-refractivity contribution in [3.8, 4) is 11.4 Å². The summed E-state index contributed by atoms with van der Waals surface area (Å²) in [6.07, 6.45) is 5.51. The molecule has 100 valence electrons. The molecule has 1 N–H and O–H groups in total. The van der Waals surface area contributed by atoms with Crippen LogP contribution in [0.1, 0.15) is 26.0 Å². The zero-order chi connectivity index (χ0) is 13.7. The Morgan fingerprint density at radius 3 is 2.74 bits per heavy atom. The average molecular weight is 321 g/mol. The van der Waals surface area contributed by atoms with Crippen LogP contribution in [0.3, 0.4) is 0 Å². The molecule has 2 heterocycles. The van der Waals surface area contributed by atoms with E-state index in [0.29, 0.717) is 0 Å². The van der Waals surface area contributed by atoms with Gasteiger partial charge in [-0.2, -0.15) is 0 Å². The lowest BCUT2D eigenvalue weighted by Gasteiger charge is -2.11. The molecular weight excluding hydrogens is 304 g/mol. The van der Waals surface area contributed by atoms with E-state index < -0.39 is 0 Å². The van der Waals surface area contributed by atoms with Crippen molar-refractivity contribution in [1.29, 1.82) is 0 Å². The molecule has 0 aromatic carbocycles. The Morgan fingerprint density at radius 2 is 2.11 bits per heavy atom. The highest BCUT2D eigenvalue weighted by molar-refractivity contribution is 9.10. The third kappa shape index (κ3) is 3.29. The van der Waals surface area contributed by atoms with Crippen LogP contribution in [-0.2, 0) is 6.42 Å². The summed E-state index contributed by atoms with van der Waals surface area (Å²) in [5, 5.41) is 3.27. The number of rotatable bonds is 5. The summed E-state index contributed by atoms with van der Waals surface area (Å²) in [7, 11) is 0. The number of halogens is 1. The number of pyridine rings is 1. The van der Waals surface area contributed by atoms with Crippen LogP contribution in [0.15, 0.2) is 29.0 Å². The molecule has 0 aliphatic rings. The topological polar surface area (TPSA) is 50.7 Å². The molecule has 4 nitrogen and oxygen atoms in total. The molecule has 2 aromatic rings. The van der Waals surface area contributed by atoms with E-state index in [9.17, 15) is 0 Å². The van der Waals surface area contributed by atoms with E-state index in [-0.39, 0.29) is 0 Å². The maximum Gasteiger partial charge on any atom is 0.163 e. The fraction of sp³-hybridized carbons (Fsp3) is 0.357. The van der Waals surface area contributed by atoms with Crippen LogP contribution >= 0.6 is 15.9 Å². The predicted octanol–water partition coefficient (Wildman–Crippen LogP) is 3.69. The van der Waals surface area contributed by atoms with Crippen molar-refractivity contribution < 1.29 is 0 Å². The van der Waals surface area contributed by atoms with E-state index in [1.54, 1.807) is 12.4 Å². The van der Waals surface area contributed by atoms with E-state index in [2.05, 4.69) is 50.0 Å². The van der Waals surface area contributed by atoms with Gasteiger partial charge >= 0.3 is 0 Å². The summed E-state index contributed by atoms with van der Waals surface area (Å²) in [6, 6.07) is 3.87. The quantitative estimate of drug-likeness (QED) is 0.912. The lowest BCUT2D eigenvalue weighted by atomic mass is 10.2. The first-order valence-electron chi connectivity index (χ1n) is 6.47. The molecule has 0 saturated heterocycles. The molecule has 0 radical (unpaired) electrons. The van der Waals surface area contributed by atoms with E-state index in [1.807, 2.05) is 12.1 Å². The van der Waals surface area contributed by atoms with Gasteiger partial charge in [0.25, 0.3) is 0 Å². The highest BCUT2D eigenvalue weighted by atomic mass is 79.9. The number of hydrogen-bond donors (Lipinski definition) is 1. The molecule has 0 aliphatic heterocycles. The maximum atomic E-state index is 4.64. The van der Waals surface area contributed by atoms with Gasteiger partial charge in [-0.25, -0.2) is 9.97 Å². The van der Waals surface area contributed by atoms with Gasteiger partial charge in [0.1, 0.15) is 5.82 Å². The smallest absolute Gasteiger partial charge is 0.163 e. The number of anilines is 1. The normalized spacial score (nSPS) is 10.5. The van der Waals surface area contributed by atoms with E-state index >= 15 is 0 Å². The second-order valence-electron chi connectivity index (χ2n) is 4.18. The first-order valence-corrected chi connectivity index (χ1v) is 7.26. The average Bonchev–Trinajstić information content (AvgIpc) is 2.44. The Labute approximate surface area is 121 Å². The first-order chi connectivity index (χ1) is 9.26. The third-order valence-electron chi connectivity index (χ3n) is 2.67. The minimum atomic E-state index is 0.718. The van der Waals surface area contributed by atoms with Crippen LogP contribution in [0.25, 0.3) is 11.4 Å². The van der Waals surface area contributed by atoms with Gasteiger partial charge in [0, 0.05) is 24.5 Å². The largest absolute Gasteiger partial charge is 0.369 e. The number of hydrogen-bond acceptors (Lipinski definition) is 4. The Balaban J connectivity index is 2.49. The number of aromatic nitrogens is 3. The third-order valence-corrected chi connectivity index (χ3v) is 3.50. The van der Waals surface area contributed by atoms with Crippen molar-refractivity contribution in [3.05, 3.63) is 34.7 Å². The molecule has 0 aliphatic carbocycles. The van der Waals surface area contributed by atoms with Crippen LogP contribution < -0.4 is 5.32 Å². The van der Waals surface area contributed by atoms with Crippen LogP contribution in [0.5, 0.6) is 0 Å². The molecule has 0 unspecified atom stereocenters. The summed E-state index contributed by atoms with van der Waals surface area (Å²) in [6.45, 7) is 5.02. The molecule has 5 heteroatoms. The predicted molar refractivity (Wildman–Crippen MR) is 81.1 cm³/mol. The molecule has 0 fully saturated rings. The maximum absolute atomic E-state index is 4.64. The lowest BCUT2D eigenvalue weighted by molar-refractivity contribution is 0.867. The van der Waals surface area contributed by atoms with Crippen LogP contribution in [0.4, 0.5) is 5.82 Å². The Kier molecular flexibility index (Phi) is 4.85. The molecular formula is C14H17BrN4. The van der Waals surface area contributed by atoms with Gasteiger partial charge in [-0.1, -0.05) is 13.3 Å². The second-order valence-corrected chi connectivity index (χ2v) is 4.97. The van der Waals surface area contributed by atoms with Gasteiger partial charge in [-0.3, -0.25) is 4.98 Å². The van der Waals surface area contributed by atoms with Crippen LogP contribution in [0, 0.1) is 0 Å². The van der Waals surface area contributed by atoms with Crippen molar-refractivity contribution in [2.75, 3.05) is 11.9 Å². The van der Waals surface area contributed by atoms with Crippen molar-refractivity contribution in [2.24, 2.45) is 0 Å². The number of nitrogens with one attached hydrogen (secondary N) is 1. The molecule has 0 bridgehead atoms. The lowest BCUT2D eigenvalue weighted by Crippen LogP contribution is -2.06. The molecule has 19 heavy (non-hydrogen) atoms. The van der Waals surface area contributed by atoms with Gasteiger partial charge in [0.15, 0.2) is 5.82 Å². The van der Waals surface area contributed by atoms with E-state index in [4.69, 9.17) is 0 Å². The Morgan fingerprint density at radius 1 is 1.26 bits per heavy atom. The second kappa shape index (κ2) is 6.61. The van der Waals surface area contributed by atoms with Gasteiger partial charge in [0.05, 0.1) is 10.2 Å². The van der Waals surface area contributed by atoms with Gasteiger partial charge < -0.3 is 5.32 Å². The highest BCUT2D eigenvalue weighted by Crippen LogP contribution is 2.27. The molecule has 2 aromatic heterocycles. The molecule has 0 spiro atoms. The highest BCUT2D eigenvalue weighted by Gasteiger charge is 2.12. The van der Waals surface area contributed by atoms with E-state index in [1.165, 1.54) is 0 Å². The Hall–Kier alpha value is -1.49. The molecule has 0 atom stereocenters. The van der Waals surface area contributed by atoms with Crippen molar-refractivity contribution in [2.45, 2.75) is 26.7 Å². The summed E-state index contributed by atoms with van der Waals surface area (Å²) >= 11 is 3.59. The minimum Gasteiger partial charge on any atom is -0.369 e. The van der Waals surface area contributed by atoms with Gasteiger partial charge in [0.2, 0.25) is 0 Å². The van der Waals surface area contributed by atoms with Crippen LogP contribution in [-0.4, -0.2) is 21.5 Å². The monoisotopic (exact) mass is 320 g/mol. The fourth-order valence-electron chi connectivity index (χ4n) is 1.80. The van der Waals surface area contributed by atoms with Gasteiger partial charge in [-0.15, -0.1) is 0 Å². The summed E-state index contributed by atoms with van der Waals surface area (Å²) < 4.78 is 0.962.